The third-order valence-corrected chi connectivity index (χ3v) is 6.01. The van der Waals surface area contributed by atoms with E-state index in [0.717, 1.165) is 12.8 Å². The molecule has 29 heavy (non-hydrogen) atoms. The second-order valence-electron chi connectivity index (χ2n) is 7.00. The summed E-state index contributed by atoms with van der Waals surface area (Å²) in [7, 11) is 0. The van der Waals surface area contributed by atoms with E-state index in [1.807, 2.05) is 25.1 Å². The third-order valence-electron chi connectivity index (χ3n) is 5.62. The maximum absolute atomic E-state index is 13.8. The molecule has 1 aliphatic carbocycles. The third kappa shape index (κ3) is 2.08. The molecule has 0 unspecified atom stereocenters. The van der Waals surface area contributed by atoms with E-state index >= 15 is 0 Å². The zero-order valence-corrected chi connectivity index (χ0v) is 17.1. The molecule has 0 amide bonds. The van der Waals surface area contributed by atoms with E-state index in [1.54, 1.807) is 29.3 Å². The Morgan fingerprint density at radius 3 is 2.83 bits per heavy atom. The van der Waals surface area contributed by atoms with Crippen LogP contribution in [0.4, 0.5) is 0 Å². The first-order valence-electron chi connectivity index (χ1n) is 9.56. The van der Waals surface area contributed by atoms with Crippen molar-refractivity contribution < 1.29 is 9.53 Å². The van der Waals surface area contributed by atoms with Gasteiger partial charge in [-0.15, -0.1) is 0 Å². The molecule has 7 nitrogen and oxygen atoms in total. The molecule has 8 heteroatoms. The fourth-order valence-corrected chi connectivity index (χ4v) is 4.96. The van der Waals surface area contributed by atoms with Crippen LogP contribution in [-0.4, -0.2) is 39.1 Å². The van der Waals surface area contributed by atoms with Gasteiger partial charge in [0.25, 0.3) is 5.72 Å². The van der Waals surface area contributed by atoms with Crippen LogP contribution in [0.25, 0.3) is 0 Å². The Morgan fingerprint density at radius 1 is 1.38 bits per heavy atom. The second kappa shape index (κ2) is 6.71. The quantitative estimate of drug-likeness (QED) is 0.592. The number of likely N-dealkylation sites (N-methyl/N-ethyl adjacent to an activating group) is 1. The fourth-order valence-electron chi connectivity index (χ4n) is 4.51. The van der Waals surface area contributed by atoms with E-state index in [1.165, 1.54) is 5.01 Å². The number of Topliss-reactive ketones (excluding diaryl/α,β-unsaturated/α-hetero) is 1. The first-order valence-corrected chi connectivity index (χ1v) is 9.97. The number of ketones is 1. The minimum atomic E-state index is -1.57. The topological polar surface area (TPSA) is 94.9 Å². The van der Waals surface area contributed by atoms with Crippen molar-refractivity contribution in [2.75, 3.05) is 6.54 Å². The highest BCUT2D eigenvalue weighted by atomic mass is 32.1. The highest BCUT2D eigenvalue weighted by molar-refractivity contribution is 7.80. The smallest absolute Gasteiger partial charge is 0.251 e. The average Bonchev–Trinajstić information content (AvgIpc) is 3.18. The lowest BCUT2D eigenvalue weighted by Crippen LogP contribution is -2.57. The van der Waals surface area contributed by atoms with Gasteiger partial charge >= 0.3 is 0 Å². The van der Waals surface area contributed by atoms with Gasteiger partial charge in [0.1, 0.15) is 11.6 Å². The number of carbonyl (C=O) groups is 1. The SMILES string of the molecule is CCC/C=C/C=N/N1C(=S)N(CC)[C@]23OC(N)=C(C#N)[C@]12C(=O)c1ccccc13. The number of benzene rings is 1. The predicted octanol–water partition coefficient (Wildman–Crippen LogP) is 2.76. The summed E-state index contributed by atoms with van der Waals surface area (Å²) in [6.45, 7) is 4.45. The zero-order chi connectivity index (χ0) is 20.8. The van der Waals surface area contributed by atoms with Crippen molar-refractivity contribution in [3.63, 3.8) is 0 Å². The standard InChI is InChI=1S/C21H21N5O2S/c1-3-5-6-9-12-24-26-19(29)25(4-2)21-15-11-8-7-10-14(15)17(27)20(21,26)16(13-22)18(23)28-21/h6-12H,3-5,23H2,1-2H3/b9-6+,24-12+/t20-,21-/m1/s1. The van der Waals surface area contributed by atoms with Crippen LogP contribution < -0.4 is 5.73 Å². The monoisotopic (exact) mass is 407 g/mol. The van der Waals surface area contributed by atoms with Crippen LogP contribution in [0.15, 0.2) is 53.0 Å². The van der Waals surface area contributed by atoms with Gasteiger partial charge < -0.3 is 15.4 Å². The van der Waals surface area contributed by atoms with Gasteiger partial charge in [-0.1, -0.05) is 43.7 Å². The van der Waals surface area contributed by atoms with E-state index in [0.29, 0.717) is 22.8 Å². The number of nitriles is 1. The average molecular weight is 407 g/mol. The molecular weight excluding hydrogens is 386 g/mol. The molecule has 0 bridgehead atoms. The number of unbranched alkanes of at least 4 members (excludes halogenated alkanes) is 1. The number of rotatable bonds is 5. The van der Waals surface area contributed by atoms with Crippen molar-refractivity contribution in [2.45, 2.75) is 38.0 Å². The summed E-state index contributed by atoms with van der Waals surface area (Å²) in [6, 6.07) is 9.28. The molecular formula is C21H21N5O2S. The number of thiocarbonyl (C=S) groups is 1. The maximum atomic E-state index is 13.8. The number of hydrogen-bond donors (Lipinski definition) is 1. The molecule has 148 valence electrons. The number of fused-ring (bicyclic) bond motifs is 1. The van der Waals surface area contributed by atoms with E-state index in [4.69, 9.17) is 22.7 Å². The van der Waals surface area contributed by atoms with Gasteiger partial charge in [0.05, 0.1) is 0 Å². The lowest BCUT2D eigenvalue weighted by Gasteiger charge is -2.37. The van der Waals surface area contributed by atoms with Crippen molar-refractivity contribution >= 4 is 29.3 Å². The number of allylic oxidation sites excluding steroid dienone is 2. The summed E-state index contributed by atoms with van der Waals surface area (Å²) in [5.41, 5.74) is 4.36. The molecule has 2 aliphatic heterocycles. The number of hydrazone groups is 1. The van der Waals surface area contributed by atoms with Gasteiger partial charge in [0.15, 0.2) is 5.11 Å². The van der Waals surface area contributed by atoms with Gasteiger partial charge in [-0.05, 0) is 31.6 Å². The predicted molar refractivity (Wildman–Crippen MR) is 112 cm³/mol. The number of nitrogens with zero attached hydrogens (tertiary/aromatic N) is 4. The van der Waals surface area contributed by atoms with Crippen molar-refractivity contribution in [3.8, 4) is 6.07 Å². The molecule has 2 N–H and O–H groups in total. The second-order valence-corrected chi connectivity index (χ2v) is 7.37. The summed E-state index contributed by atoms with van der Waals surface area (Å²) in [5, 5.41) is 16.2. The van der Waals surface area contributed by atoms with Crippen molar-refractivity contribution in [1.82, 2.24) is 9.91 Å². The van der Waals surface area contributed by atoms with Crippen molar-refractivity contribution in [3.05, 3.63) is 59.0 Å². The van der Waals surface area contributed by atoms with Crippen molar-refractivity contribution in [2.24, 2.45) is 10.8 Å². The minimum Gasteiger partial charge on any atom is -0.444 e. The molecule has 4 rings (SSSR count). The zero-order valence-electron chi connectivity index (χ0n) is 16.3. The summed E-state index contributed by atoms with van der Waals surface area (Å²) >= 11 is 5.69. The van der Waals surface area contributed by atoms with Crippen LogP contribution in [0.3, 0.4) is 0 Å². The van der Waals surface area contributed by atoms with Crippen LogP contribution in [0.1, 0.15) is 42.6 Å². The minimum absolute atomic E-state index is 0.0340. The molecule has 2 heterocycles. The summed E-state index contributed by atoms with van der Waals surface area (Å²) in [6.07, 6.45) is 7.30. The molecule has 1 fully saturated rings. The number of nitrogens with two attached hydrogens (primary N) is 1. The van der Waals surface area contributed by atoms with Crippen LogP contribution in [0.5, 0.6) is 0 Å². The van der Waals surface area contributed by atoms with Gasteiger partial charge in [0, 0.05) is 23.9 Å². The van der Waals surface area contributed by atoms with Gasteiger partial charge in [-0.2, -0.15) is 10.4 Å². The Hall–Kier alpha value is -3.18. The molecule has 0 radical (unpaired) electrons. The lowest BCUT2D eigenvalue weighted by molar-refractivity contribution is -0.0979. The first-order chi connectivity index (χ1) is 14.0. The molecule has 1 aromatic carbocycles. The van der Waals surface area contributed by atoms with E-state index in [9.17, 15) is 10.1 Å². The van der Waals surface area contributed by atoms with E-state index in [-0.39, 0.29) is 17.2 Å². The number of hydrogen-bond acceptors (Lipinski definition) is 6. The maximum Gasteiger partial charge on any atom is 0.251 e. The van der Waals surface area contributed by atoms with Gasteiger partial charge in [-0.3, -0.25) is 4.79 Å². The van der Waals surface area contributed by atoms with Gasteiger partial charge in [0.2, 0.25) is 17.2 Å². The van der Waals surface area contributed by atoms with Crippen molar-refractivity contribution in [1.29, 1.82) is 5.26 Å². The van der Waals surface area contributed by atoms with E-state index < -0.39 is 11.3 Å². The van der Waals surface area contributed by atoms with E-state index in [2.05, 4.69) is 18.1 Å². The number of ether oxygens (including phenoxy) is 1. The lowest BCUT2D eigenvalue weighted by atomic mass is 9.82. The fraction of sp³-hybridized carbons (Fsp3) is 0.333. The molecule has 2 atom stereocenters. The van der Waals surface area contributed by atoms with Gasteiger partial charge in [-0.25, -0.2) is 5.01 Å². The molecule has 0 spiro atoms. The normalized spacial score (nSPS) is 27.6. The molecule has 0 aromatic heterocycles. The summed E-state index contributed by atoms with van der Waals surface area (Å²) in [5.74, 6) is -0.365. The highest BCUT2D eigenvalue weighted by Crippen LogP contribution is 2.63. The molecule has 1 aromatic rings. The Labute approximate surface area is 174 Å². The first kappa shape index (κ1) is 19.2. The molecule has 1 saturated heterocycles. The van der Waals surface area contributed by atoms with Crippen LogP contribution in [-0.2, 0) is 10.5 Å². The Morgan fingerprint density at radius 2 is 2.14 bits per heavy atom. The highest BCUT2D eigenvalue weighted by Gasteiger charge is 2.82. The summed E-state index contributed by atoms with van der Waals surface area (Å²) < 4.78 is 6.16. The van der Waals surface area contributed by atoms with Crippen LogP contribution >= 0.6 is 12.2 Å². The Kier molecular flexibility index (Phi) is 4.43. The Bertz CT molecular complexity index is 1040. The number of carbonyl (C=O) groups excluding carboxylic acids is 1. The van der Waals surface area contributed by atoms with Crippen LogP contribution in [0, 0.1) is 11.3 Å². The molecule has 0 saturated carbocycles. The molecule has 3 aliphatic rings. The largest absolute Gasteiger partial charge is 0.444 e. The summed E-state index contributed by atoms with van der Waals surface area (Å²) in [4.78, 5) is 15.6. The Balaban J connectivity index is 1.98. The van der Waals surface area contributed by atoms with Crippen LogP contribution in [0.2, 0.25) is 0 Å².